The Morgan fingerprint density at radius 2 is 2.06 bits per heavy atom. The van der Waals surface area contributed by atoms with Crippen molar-refractivity contribution in [3.63, 3.8) is 0 Å². The predicted molar refractivity (Wildman–Crippen MR) is 139 cm³/mol. The summed E-state index contributed by atoms with van der Waals surface area (Å²) in [6, 6.07) is 8.34. The van der Waals surface area contributed by atoms with Crippen molar-refractivity contribution in [3.8, 4) is 12.3 Å². The molecule has 1 fully saturated rings. The summed E-state index contributed by atoms with van der Waals surface area (Å²) in [4.78, 5) is 30.9. The summed E-state index contributed by atoms with van der Waals surface area (Å²) in [5.41, 5.74) is 0.790. The molecule has 1 aliphatic rings. The topological polar surface area (TPSA) is 74.2 Å². The smallest absolute Gasteiger partial charge is 0.222 e. The summed E-state index contributed by atoms with van der Waals surface area (Å²) < 4.78 is 13.4. The van der Waals surface area contributed by atoms with Gasteiger partial charge in [-0.1, -0.05) is 29.5 Å². The highest BCUT2D eigenvalue weighted by Crippen LogP contribution is 2.25. The zero-order chi connectivity index (χ0) is 24.6. The molecular formula is C26H27FN6OS. The molecule has 3 aromatic rings. The molecule has 3 heterocycles. The summed E-state index contributed by atoms with van der Waals surface area (Å²) >= 11 is 1.48. The second kappa shape index (κ2) is 11.6. The number of thiazole rings is 1. The number of amides is 1. The number of aryl methyl sites for hydroxylation is 1. The van der Waals surface area contributed by atoms with Crippen LogP contribution < -0.4 is 10.2 Å². The van der Waals surface area contributed by atoms with Gasteiger partial charge in [0.05, 0.1) is 0 Å². The lowest BCUT2D eigenvalue weighted by atomic mass is 10.2. The minimum Gasteiger partial charge on any atom is -0.353 e. The van der Waals surface area contributed by atoms with Gasteiger partial charge in [-0.15, -0.1) is 12.3 Å². The molecule has 0 bridgehead atoms. The summed E-state index contributed by atoms with van der Waals surface area (Å²) in [5, 5.41) is 3.97. The molecule has 9 heteroatoms. The van der Waals surface area contributed by atoms with E-state index in [-0.39, 0.29) is 11.7 Å². The number of benzene rings is 1. The number of aromatic nitrogens is 3. The summed E-state index contributed by atoms with van der Waals surface area (Å²) in [6.07, 6.45) is 12.7. The normalized spacial score (nSPS) is 13.7. The molecule has 0 atom stereocenters. The number of carbonyl (C=O) groups is 1. The van der Waals surface area contributed by atoms with Gasteiger partial charge in [0.2, 0.25) is 5.91 Å². The van der Waals surface area contributed by atoms with Gasteiger partial charge in [-0.2, -0.15) is 0 Å². The molecule has 4 rings (SSSR count). The van der Waals surface area contributed by atoms with Gasteiger partial charge in [0.25, 0.3) is 0 Å². The Labute approximate surface area is 208 Å². The Hall–Kier alpha value is -3.77. The van der Waals surface area contributed by atoms with E-state index >= 15 is 0 Å². The fraction of sp³-hybridized carbons (Fsp3) is 0.308. The van der Waals surface area contributed by atoms with Crippen molar-refractivity contribution >= 4 is 46.2 Å². The summed E-state index contributed by atoms with van der Waals surface area (Å²) in [7, 11) is 0. The Balaban J connectivity index is 1.36. The van der Waals surface area contributed by atoms with E-state index in [1.54, 1.807) is 12.3 Å². The van der Waals surface area contributed by atoms with Gasteiger partial charge in [-0.05, 0) is 37.1 Å². The van der Waals surface area contributed by atoms with Crippen molar-refractivity contribution < 1.29 is 9.18 Å². The van der Waals surface area contributed by atoms with E-state index in [1.807, 2.05) is 36.1 Å². The number of carbonyl (C=O) groups excluding carboxylic acids is 1. The van der Waals surface area contributed by atoms with Crippen LogP contribution in [0.3, 0.4) is 0 Å². The molecular weight excluding hydrogens is 463 g/mol. The third kappa shape index (κ3) is 6.87. The van der Waals surface area contributed by atoms with Crippen molar-refractivity contribution in [3.05, 3.63) is 58.6 Å². The van der Waals surface area contributed by atoms with Gasteiger partial charge in [0.15, 0.2) is 5.13 Å². The van der Waals surface area contributed by atoms with E-state index in [4.69, 9.17) is 6.42 Å². The van der Waals surface area contributed by atoms with Crippen molar-refractivity contribution in [2.75, 3.05) is 36.4 Å². The molecule has 0 saturated carbocycles. The number of halogens is 1. The molecule has 0 unspecified atom stereocenters. The van der Waals surface area contributed by atoms with Gasteiger partial charge in [0, 0.05) is 56.2 Å². The molecule has 7 nitrogen and oxygen atoms in total. The molecule has 1 saturated heterocycles. The van der Waals surface area contributed by atoms with Crippen LogP contribution in [0.4, 0.5) is 21.2 Å². The minimum absolute atomic E-state index is 0.159. The standard InChI is InChI=1S/C26H27FN6OS/c1-3-4-5-9-25(34)33-14-12-32(13-15-33)24-17-23(29-19(2)30-24)31-26-28-18-22(35-26)11-10-20-7-6-8-21(27)16-20/h1,6-8,10-11,16-18H,4-5,9,12-15H2,2H3,(H,28,29,30,31)/b11-10+. The molecule has 1 amide bonds. The first-order valence-electron chi connectivity index (χ1n) is 11.5. The van der Waals surface area contributed by atoms with Crippen molar-refractivity contribution in [2.45, 2.75) is 26.2 Å². The monoisotopic (exact) mass is 490 g/mol. The lowest BCUT2D eigenvalue weighted by Gasteiger charge is -2.35. The maximum Gasteiger partial charge on any atom is 0.222 e. The van der Waals surface area contributed by atoms with E-state index in [0.29, 0.717) is 55.8 Å². The van der Waals surface area contributed by atoms with Crippen LogP contribution in [-0.4, -0.2) is 51.9 Å². The number of terminal acetylenes is 1. The maximum atomic E-state index is 13.4. The Morgan fingerprint density at radius 3 is 2.83 bits per heavy atom. The average molecular weight is 491 g/mol. The third-order valence-corrected chi connectivity index (χ3v) is 6.42. The van der Waals surface area contributed by atoms with E-state index in [1.165, 1.54) is 23.5 Å². The molecule has 1 aliphatic heterocycles. The van der Waals surface area contributed by atoms with Crippen LogP contribution >= 0.6 is 11.3 Å². The Kier molecular flexibility index (Phi) is 8.06. The van der Waals surface area contributed by atoms with Crippen LogP contribution in [0, 0.1) is 25.1 Å². The molecule has 0 aliphatic carbocycles. The molecule has 0 radical (unpaired) electrons. The Morgan fingerprint density at radius 1 is 1.23 bits per heavy atom. The number of nitrogens with one attached hydrogen (secondary N) is 1. The van der Waals surface area contributed by atoms with Gasteiger partial charge in [-0.3, -0.25) is 4.79 Å². The van der Waals surface area contributed by atoms with Crippen molar-refractivity contribution in [1.29, 1.82) is 0 Å². The van der Waals surface area contributed by atoms with E-state index in [9.17, 15) is 9.18 Å². The first kappa shape index (κ1) is 24.4. The van der Waals surface area contributed by atoms with Gasteiger partial charge >= 0.3 is 0 Å². The van der Waals surface area contributed by atoms with E-state index in [2.05, 4.69) is 31.1 Å². The molecule has 0 spiro atoms. The first-order chi connectivity index (χ1) is 17.0. The predicted octanol–water partition coefficient (Wildman–Crippen LogP) is 4.75. The maximum absolute atomic E-state index is 13.4. The second-order valence-corrected chi connectivity index (χ2v) is 9.23. The number of hydrogen-bond donors (Lipinski definition) is 1. The zero-order valence-electron chi connectivity index (χ0n) is 19.6. The number of hydrogen-bond acceptors (Lipinski definition) is 7. The van der Waals surface area contributed by atoms with Gasteiger partial charge in [0.1, 0.15) is 23.3 Å². The molecule has 180 valence electrons. The molecule has 1 N–H and O–H groups in total. The summed E-state index contributed by atoms with van der Waals surface area (Å²) in [5.74, 6) is 4.61. The second-order valence-electron chi connectivity index (χ2n) is 8.17. The fourth-order valence-corrected chi connectivity index (χ4v) is 4.51. The van der Waals surface area contributed by atoms with Crippen LogP contribution in [0.15, 0.2) is 36.5 Å². The Bertz CT molecular complexity index is 1240. The van der Waals surface area contributed by atoms with Crippen molar-refractivity contribution in [1.82, 2.24) is 19.9 Å². The number of rotatable bonds is 8. The molecule has 1 aromatic carbocycles. The van der Waals surface area contributed by atoms with Gasteiger partial charge in [-0.25, -0.2) is 19.3 Å². The minimum atomic E-state index is -0.262. The van der Waals surface area contributed by atoms with E-state index in [0.717, 1.165) is 22.7 Å². The lowest BCUT2D eigenvalue weighted by Crippen LogP contribution is -2.49. The molecule has 2 aromatic heterocycles. The summed E-state index contributed by atoms with van der Waals surface area (Å²) in [6.45, 7) is 4.60. The van der Waals surface area contributed by atoms with Gasteiger partial charge < -0.3 is 15.1 Å². The number of anilines is 3. The van der Waals surface area contributed by atoms with Crippen molar-refractivity contribution in [2.24, 2.45) is 0 Å². The van der Waals surface area contributed by atoms with Crippen LogP contribution in [0.5, 0.6) is 0 Å². The first-order valence-corrected chi connectivity index (χ1v) is 12.3. The number of nitrogens with zero attached hydrogens (tertiary/aromatic N) is 5. The van der Waals surface area contributed by atoms with Crippen LogP contribution in [0.25, 0.3) is 12.2 Å². The largest absolute Gasteiger partial charge is 0.353 e. The zero-order valence-corrected chi connectivity index (χ0v) is 20.4. The highest BCUT2D eigenvalue weighted by Gasteiger charge is 2.22. The number of unbranched alkanes of at least 4 members (excludes halogenated alkanes) is 1. The van der Waals surface area contributed by atoms with E-state index < -0.39 is 0 Å². The average Bonchev–Trinajstić information content (AvgIpc) is 3.30. The molecule has 35 heavy (non-hydrogen) atoms. The van der Waals surface area contributed by atoms with Crippen LogP contribution in [0.1, 0.15) is 35.5 Å². The van der Waals surface area contributed by atoms with Crippen LogP contribution in [-0.2, 0) is 4.79 Å². The lowest BCUT2D eigenvalue weighted by molar-refractivity contribution is -0.131. The number of piperazine rings is 1. The quantitative estimate of drug-likeness (QED) is 0.363. The highest BCUT2D eigenvalue weighted by atomic mass is 32.1. The van der Waals surface area contributed by atoms with Crippen LogP contribution in [0.2, 0.25) is 0 Å². The SMILES string of the molecule is C#CCCCC(=O)N1CCN(c2cc(Nc3ncc(/C=C/c4cccc(F)c4)s3)nc(C)n2)CC1. The fourth-order valence-electron chi connectivity index (χ4n) is 3.78. The third-order valence-electron chi connectivity index (χ3n) is 5.54. The highest BCUT2D eigenvalue weighted by molar-refractivity contribution is 7.16.